The van der Waals surface area contributed by atoms with Gasteiger partial charge in [0.2, 0.25) is 0 Å². The fourth-order valence-electron chi connectivity index (χ4n) is 3.16. The number of ketones is 1. The maximum atomic E-state index is 13.0. The average Bonchev–Trinajstić information content (AvgIpc) is 2.62. The molecule has 1 fully saturated rings. The summed E-state index contributed by atoms with van der Waals surface area (Å²) in [6, 6.07) is 11.0. The Labute approximate surface area is 145 Å². The third kappa shape index (κ3) is 3.60. The molecule has 3 nitrogen and oxygen atoms in total. The molecule has 1 amide bonds. The number of nitrogens with zero attached hydrogens (tertiary/aromatic N) is 1. The van der Waals surface area contributed by atoms with E-state index < -0.39 is 5.41 Å². The van der Waals surface area contributed by atoms with Crippen molar-refractivity contribution in [2.45, 2.75) is 19.8 Å². The van der Waals surface area contributed by atoms with Crippen LogP contribution in [0, 0.1) is 17.0 Å². The van der Waals surface area contributed by atoms with Crippen LogP contribution in [0.15, 0.2) is 48.5 Å². The SMILES string of the molecule is CC1(C(=O)c2ccc(F)cc2)CCN(C(=O)c2ccc(F)cc2)CC1. The Morgan fingerprint density at radius 3 is 1.76 bits per heavy atom. The molecule has 1 aliphatic rings. The summed E-state index contributed by atoms with van der Waals surface area (Å²) in [7, 11) is 0. The van der Waals surface area contributed by atoms with Crippen LogP contribution in [-0.4, -0.2) is 29.7 Å². The lowest BCUT2D eigenvalue weighted by Gasteiger charge is -2.38. The summed E-state index contributed by atoms with van der Waals surface area (Å²) in [5.74, 6) is -0.938. The molecule has 0 aromatic heterocycles. The van der Waals surface area contributed by atoms with Gasteiger partial charge >= 0.3 is 0 Å². The average molecular weight is 343 g/mol. The van der Waals surface area contributed by atoms with E-state index in [4.69, 9.17) is 0 Å². The van der Waals surface area contributed by atoms with Crippen LogP contribution in [0.2, 0.25) is 0 Å². The van der Waals surface area contributed by atoms with Crippen molar-refractivity contribution in [1.82, 2.24) is 4.90 Å². The number of rotatable bonds is 3. The summed E-state index contributed by atoms with van der Waals surface area (Å²) in [6.45, 7) is 2.80. The van der Waals surface area contributed by atoms with Gasteiger partial charge < -0.3 is 4.90 Å². The second kappa shape index (κ2) is 6.75. The topological polar surface area (TPSA) is 37.4 Å². The molecular formula is C20H19F2NO2. The fourth-order valence-corrected chi connectivity index (χ4v) is 3.16. The van der Waals surface area contributed by atoms with Gasteiger partial charge in [-0.05, 0) is 61.4 Å². The Balaban J connectivity index is 1.67. The van der Waals surface area contributed by atoms with Gasteiger partial charge in [-0.15, -0.1) is 0 Å². The van der Waals surface area contributed by atoms with Crippen molar-refractivity contribution in [3.63, 3.8) is 0 Å². The summed E-state index contributed by atoms with van der Waals surface area (Å²) < 4.78 is 26.0. The Morgan fingerprint density at radius 2 is 1.28 bits per heavy atom. The molecule has 1 heterocycles. The van der Waals surface area contributed by atoms with Gasteiger partial charge in [-0.2, -0.15) is 0 Å². The van der Waals surface area contributed by atoms with E-state index in [9.17, 15) is 18.4 Å². The first kappa shape index (κ1) is 17.3. The zero-order chi connectivity index (χ0) is 18.0. The standard InChI is InChI=1S/C20H19F2NO2/c1-20(18(24)14-2-6-16(21)7-3-14)10-12-23(13-11-20)19(25)15-4-8-17(22)9-5-15/h2-9H,10-13H2,1H3. The summed E-state index contributed by atoms with van der Waals surface area (Å²) in [5.41, 5.74) is 0.356. The van der Waals surface area contributed by atoms with Gasteiger partial charge in [-0.25, -0.2) is 8.78 Å². The molecule has 0 unspecified atom stereocenters. The highest BCUT2D eigenvalue weighted by Crippen LogP contribution is 2.35. The number of piperidine rings is 1. The van der Waals surface area contributed by atoms with Gasteiger partial charge in [0.1, 0.15) is 11.6 Å². The Morgan fingerprint density at radius 1 is 0.840 bits per heavy atom. The molecule has 0 bridgehead atoms. The highest BCUT2D eigenvalue weighted by Gasteiger charge is 2.38. The number of benzene rings is 2. The van der Waals surface area contributed by atoms with E-state index in [1.807, 2.05) is 6.92 Å². The first-order valence-electron chi connectivity index (χ1n) is 8.24. The number of amides is 1. The second-order valence-electron chi connectivity index (χ2n) is 6.70. The van der Waals surface area contributed by atoms with Crippen molar-refractivity contribution in [2.75, 3.05) is 13.1 Å². The number of Topliss-reactive ketones (excluding diaryl/α,β-unsaturated/α-hetero) is 1. The van der Waals surface area contributed by atoms with Crippen molar-refractivity contribution in [3.05, 3.63) is 71.3 Å². The molecule has 1 saturated heterocycles. The second-order valence-corrected chi connectivity index (χ2v) is 6.70. The van der Waals surface area contributed by atoms with Gasteiger partial charge in [0.05, 0.1) is 0 Å². The largest absolute Gasteiger partial charge is 0.339 e. The molecule has 2 aromatic rings. The van der Waals surface area contributed by atoms with E-state index in [0.29, 0.717) is 37.1 Å². The minimum absolute atomic E-state index is 0.0265. The maximum Gasteiger partial charge on any atom is 0.253 e. The number of hydrogen-bond acceptors (Lipinski definition) is 2. The van der Waals surface area contributed by atoms with Crippen molar-refractivity contribution >= 4 is 11.7 Å². The van der Waals surface area contributed by atoms with E-state index in [2.05, 4.69) is 0 Å². The molecule has 0 atom stereocenters. The molecule has 0 N–H and O–H groups in total. The Kier molecular flexibility index (Phi) is 4.66. The molecule has 0 aliphatic carbocycles. The van der Waals surface area contributed by atoms with Gasteiger partial charge in [-0.3, -0.25) is 9.59 Å². The molecule has 1 aliphatic heterocycles. The predicted octanol–water partition coefficient (Wildman–Crippen LogP) is 4.09. The van der Waals surface area contributed by atoms with Gasteiger partial charge in [0.25, 0.3) is 5.91 Å². The van der Waals surface area contributed by atoms with E-state index in [1.54, 1.807) is 4.90 Å². The van der Waals surface area contributed by atoms with Crippen LogP contribution in [0.4, 0.5) is 8.78 Å². The molecular weight excluding hydrogens is 324 g/mol. The van der Waals surface area contributed by atoms with Crippen LogP contribution in [0.25, 0.3) is 0 Å². The number of halogens is 2. The molecule has 0 spiro atoms. The predicted molar refractivity (Wildman–Crippen MR) is 90.4 cm³/mol. The molecule has 2 aromatic carbocycles. The zero-order valence-electron chi connectivity index (χ0n) is 14.0. The lowest BCUT2D eigenvalue weighted by atomic mass is 9.74. The molecule has 0 radical (unpaired) electrons. The molecule has 3 rings (SSSR count). The van der Waals surface area contributed by atoms with Crippen molar-refractivity contribution in [1.29, 1.82) is 0 Å². The quantitative estimate of drug-likeness (QED) is 0.787. The minimum atomic E-state index is -0.572. The van der Waals surface area contributed by atoms with Crippen LogP contribution < -0.4 is 0 Å². The number of hydrogen-bond donors (Lipinski definition) is 0. The maximum absolute atomic E-state index is 13.0. The van der Waals surface area contributed by atoms with Crippen molar-refractivity contribution in [3.8, 4) is 0 Å². The zero-order valence-corrected chi connectivity index (χ0v) is 14.0. The van der Waals surface area contributed by atoms with Crippen molar-refractivity contribution in [2.24, 2.45) is 5.41 Å². The Bertz CT molecular complexity index is 776. The molecule has 25 heavy (non-hydrogen) atoms. The lowest BCUT2D eigenvalue weighted by molar-refractivity contribution is 0.0528. The van der Waals surface area contributed by atoms with Gasteiger partial charge in [0.15, 0.2) is 5.78 Å². The monoisotopic (exact) mass is 343 g/mol. The molecule has 5 heteroatoms. The first-order chi connectivity index (χ1) is 11.9. The minimum Gasteiger partial charge on any atom is -0.339 e. The normalized spacial score (nSPS) is 16.5. The van der Waals surface area contributed by atoms with Crippen LogP contribution in [0.5, 0.6) is 0 Å². The summed E-state index contributed by atoms with van der Waals surface area (Å²) in [4.78, 5) is 26.9. The highest BCUT2D eigenvalue weighted by molar-refractivity contribution is 6.00. The number of likely N-dealkylation sites (tertiary alicyclic amines) is 1. The summed E-state index contributed by atoms with van der Waals surface area (Å²) in [6.07, 6.45) is 1.08. The van der Waals surface area contributed by atoms with E-state index in [1.165, 1.54) is 48.5 Å². The third-order valence-corrected chi connectivity index (χ3v) is 4.90. The summed E-state index contributed by atoms with van der Waals surface area (Å²) in [5, 5.41) is 0. The van der Waals surface area contributed by atoms with Crippen LogP contribution in [0.1, 0.15) is 40.5 Å². The van der Waals surface area contributed by atoms with Gasteiger partial charge in [-0.1, -0.05) is 6.92 Å². The third-order valence-electron chi connectivity index (χ3n) is 4.90. The van der Waals surface area contributed by atoms with E-state index in [-0.39, 0.29) is 23.3 Å². The Hall–Kier alpha value is -2.56. The van der Waals surface area contributed by atoms with Gasteiger partial charge in [0, 0.05) is 29.6 Å². The van der Waals surface area contributed by atoms with E-state index in [0.717, 1.165) is 0 Å². The molecule has 130 valence electrons. The lowest BCUT2D eigenvalue weighted by Crippen LogP contribution is -2.45. The number of carbonyl (C=O) groups excluding carboxylic acids is 2. The van der Waals surface area contributed by atoms with Crippen LogP contribution in [-0.2, 0) is 0 Å². The van der Waals surface area contributed by atoms with Crippen LogP contribution in [0.3, 0.4) is 0 Å². The smallest absolute Gasteiger partial charge is 0.253 e. The molecule has 0 saturated carbocycles. The van der Waals surface area contributed by atoms with E-state index >= 15 is 0 Å². The number of carbonyl (C=O) groups is 2. The first-order valence-corrected chi connectivity index (χ1v) is 8.24. The van der Waals surface area contributed by atoms with Crippen LogP contribution >= 0.6 is 0 Å². The highest BCUT2D eigenvalue weighted by atomic mass is 19.1. The van der Waals surface area contributed by atoms with Crippen molar-refractivity contribution < 1.29 is 18.4 Å². The summed E-state index contributed by atoms with van der Waals surface area (Å²) >= 11 is 0. The fraction of sp³-hybridized carbons (Fsp3) is 0.300.